The lowest BCUT2D eigenvalue weighted by atomic mass is 10.1. The van der Waals surface area contributed by atoms with Crippen LogP contribution in [0.2, 0.25) is 0 Å². The fraction of sp³-hybridized carbons (Fsp3) is 0.211. The van der Waals surface area contributed by atoms with E-state index in [1.807, 2.05) is 31.4 Å². The fourth-order valence-electron chi connectivity index (χ4n) is 3.05. The van der Waals surface area contributed by atoms with Crippen molar-refractivity contribution in [1.82, 2.24) is 15.1 Å². The van der Waals surface area contributed by atoms with E-state index in [1.165, 1.54) is 12.1 Å². The number of hydrogen-bond acceptors (Lipinski definition) is 4. The minimum atomic E-state index is -0.248. The van der Waals surface area contributed by atoms with Crippen LogP contribution in [0.15, 0.2) is 48.7 Å². The quantitative estimate of drug-likeness (QED) is 0.772. The molecule has 1 aromatic heterocycles. The summed E-state index contributed by atoms with van der Waals surface area (Å²) in [6.45, 7) is 1.70. The molecule has 1 N–H and O–H groups in total. The van der Waals surface area contributed by atoms with Crippen molar-refractivity contribution in [2.75, 3.05) is 13.8 Å². The molecular formula is C19H18FN3O2. The topological polar surface area (TPSA) is 50.4 Å². The summed E-state index contributed by atoms with van der Waals surface area (Å²) in [6, 6.07) is 12.3. The number of para-hydroxylation sites is 1. The summed E-state index contributed by atoms with van der Waals surface area (Å²) in [7, 11) is 2.04. The molecule has 1 aliphatic rings. The SMILES string of the molecule is CN(Cc1cn[nH]c1-c1ccc(F)cc1)Cc1cccc2c1OCO2. The first-order valence-corrected chi connectivity index (χ1v) is 8.05. The molecule has 0 radical (unpaired) electrons. The summed E-state index contributed by atoms with van der Waals surface area (Å²) in [6.07, 6.45) is 1.81. The van der Waals surface area contributed by atoms with Gasteiger partial charge in [-0.05, 0) is 37.4 Å². The van der Waals surface area contributed by atoms with E-state index in [9.17, 15) is 4.39 Å². The minimum Gasteiger partial charge on any atom is -0.454 e. The Morgan fingerprint density at radius 2 is 1.88 bits per heavy atom. The first-order chi connectivity index (χ1) is 12.2. The number of nitrogens with zero attached hydrogens (tertiary/aromatic N) is 2. The summed E-state index contributed by atoms with van der Waals surface area (Å²) in [5.74, 6) is 1.36. The van der Waals surface area contributed by atoms with Crippen molar-refractivity contribution in [2.45, 2.75) is 13.1 Å². The molecule has 1 aliphatic heterocycles. The van der Waals surface area contributed by atoms with Crippen molar-refractivity contribution >= 4 is 0 Å². The van der Waals surface area contributed by atoms with Crippen LogP contribution in [0.5, 0.6) is 11.5 Å². The molecule has 5 nitrogen and oxygen atoms in total. The average Bonchev–Trinajstić information content (AvgIpc) is 3.25. The Morgan fingerprint density at radius 3 is 2.72 bits per heavy atom. The van der Waals surface area contributed by atoms with E-state index in [2.05, 4.69) is 15.1 Å². The van der Waals surface area contributed by atoms with Gasteiger partial charge in [-0.3, -0.25) is 10.00 Å². The zero-order chi connectivity index (χ0) is 17.2. The highest BCUT2D eigenvalue weighted by Crippen LogP contribution is 2.36. The smallest absolute Gasteiger partial charge is 0.231 e. The van der Waals surface area contributed by atoms with Crippen LogP contribution in [0.4, 0.5) is 4.39 Å². The average molecular weight is 339 g/mol. The molecule has 0 saturated heterocycles. The van der Waals surface area contributed by atoms with E-state index < -0.39 is 0 Å². The van der Waals surface area contributed by atoms with Gasteiger partial charge < -0.3 is 9.47 Å². The second kappa shape index (κ2) is 6.57. The Balaban J connectivity index is 1.51. The molecule has 3 aromatic rings. The van der Waals surface area contributed by atoms with Gasteiger partial charge in [-0.1, -0.05) is 12.1 Å². The molecule has 0 unspecified atom stereocenters. The Kier molecular flexibility index (Phi) is 4.11. The second-order valence-corrected chi connectivity index (χ2v) is 6.10. The monoisotopic (exact) mass is 339 g/mol. The predicted molar refractivity (Wildman–Crippen MR) is 91.7 cm³/mol. The first kappa shape index (κ1) is 15.7. The Hall–Kier alpha value is -2.86. The van der Waals surface area contributed by atoms with Crippen molar-refractivity contribution in [1.29, 1.82) is 0 Å². The number of halogens is 1. The van der Waals surface area contributed by atoms with Gasteiger partial charge in [0.2, 0.25) is 6.79 Å². The fourth-order valence-corrected chi connectivity index (χ4v) is 3.05. The number of aromatic nitrogens is 2. The summed E-state index contributed by atoms with van der Waals surface area (Å²) < 4.78 is 24.1. The summed E-state index contributed by atoms with van der Waals surface area (Å²) >= 11 is 0. The van der Waals surface area contributed by atoms with Crippen LogP contribution in [-0.4, -0.2) is 28.9 Å². The third-order valence-electron chi connectivity index (χ3n) is 4.21. The number of rotatable bonds is 5. The van der Waals surface area contributed by atoms with Crippen LogP contribution in [-0.2, 0) is 13.1 Å². The predicted octanol–water partition coefficient (Wildman–Crippen LogP) is 3.58. The zero-order valence-corrected chi connectivity index (χ0v) is 13.8. The van der Waals surface area contributed by atoms with Crippen molar-refractivity contribution in [3.8, 4) is 22.8 Å². The van der Waals surface area contributed by atoms with Crippen molar-refractivity contribution in [3.63, 3.8) is 0 Å². The molecule has 0 spiro atoms. The third-order valence-corrected chi connectivity index (χ3v) is 4.21. The molecule has 2 heterocycles. The molecular weight excluding hydrogens is 321 g/mol. The van der Waals surface area contributed by atoms with Gasteiger partial charge in [-0.2, -0.15) is 5.10 Å². The van der Waals surface area contributed by atoms with Gasteiger partial charge in [0.25, 0.3) is 0 Å². The zero-order valence-electron chi connectivity index (χ0n) is 13.8. The number of fused-ring (bicyclic) bond motifs is 1. The number of H-pyrrole nitrogens is 1. The summed E-state index contributed by atoms with van der Waals surface area (Å²) in [4.78, 5) is 2.18. The second-order valence-electron chi connectivity index (χ2n) is 6.10. The summed E-state index contributed by atoms with van der Waals surface area (Å²) in [5.41, 5.74) is 3.97. The van der Waals surface area contributed by atoms with E-state index in [0.717, 1.165) is 40.4 Å². The highest BCUT2D eigenvalue weighted by Gasteiger charge is 2.18. The Bertz CT molecular complexity index is 877. The Labute approximate surface area is 145 Å². The number of nitrogens with one attached hydrogen (secondary N) is 1. The van der Waals surface area contributed by atoms with Gasteiger partial charge >= 0.3 is 0 Å². The molecule has 0 atom stereocenters. The lowest BCUT2D eigenvalue weighted by Crippen LogP contribution is -2.17. The summed E-state index contributed by atoms with van der Waals surface area (Å²) in [5, 5.41) is 7.16. The molecule has 25 heavy (non-hydrogen) atoms. The molecule has 128 valence electrons. The highest BCUT2D eigenvalue weighted by molar-refractivity contribution is 5.62. The standard InChI is InChI=1S/C19H18FN3O2/c1-23(10-14-3-2-4-17-19(14)25-12-24-17)11-15-9-21-22-18(15)13-5-7-16(20)8-6-13/h2-9H,10-12H2,1H3,(H,21,22). The minimum absolute atomic E-state index is 0.248. The van der Waals surface area contributed by atoms with Crippen LogP contribution in [0.1, 0.15) is 11.1 Å². The normalized spacial score (nSPS) is 12.8. The molecule has 0 amide bonds. The van der Waals surface area contributed by atoms with Gasteiger partial charge in [0.05, 0.1) is 11.9 Å². The molecule has 0 saturated carbocycles. The van der Waals surface area contributed by atoms with Gasteiger partial charge in [0, 0.05) is 29.8 Å². The molecule has 6 heteroatoms. The van der Waals surface area contributed by atoms with Gasteiger partial charge in [-0.25, -0.2) is 4.39 Å². The van der Waals surface area contributed by atoms with E-state index in [-0.39, 0.29) is 12.6 Å². The number of aromatic amines is 1. The molecule has 0 bridgehead atoms. The number of hydrogen-bond donors (Lipinski definition) is 1. The molecule has 4 rings (SSSR count). The van der Waals surface area contributed by atoms with E-state index in [0.29, 0.717) is 6.54 Å². The van der Waals surface area contributed by atoms with E-state index in [1.54, 1.807) is 12.1 Å². The van der Waals surface area contributed by atoms with Gasteiger partial charge in [0.1, 0.15) is 5.82 Å². The highest BCUT2D eigenvalue weighted by atomic mass is 19.1. The van der Waals surface area contributed by atoms with Crippen LogP contribution < -0.4 is 9.47 Å². The van der Waals surface area contributed by atoms with E-state index in [4.69, 9.17) is 9.47 Å². The van der Waals surface area contributed by atoms with Crippen molar-refractivity contribution < 1.29 is 13.9 Å². The molecule has 2 aromatic carbocycles. The maximum atomic E-state index is 13.1. The van der Waals surface area contributed by atoms with Crippen LogP contribution in [0.25, 0.3) is 11.3 Å². The van der Waals surface area contributed by atoms with Crippen LogP contribution >= 0.6 is 0 Å². The molecule has 0 aliphatic carbocycles. The largest absolute Gasteiger partial charge is 0.454 e. The van der Waals surface area contributed by atoms with Crippen molar-refractivity contribution in [2.24, 2.45) is 0 Å². The van der Waals surface area contributed by atoms with Crippen molar-refractivity contribution in [3.05, 3.63) is 65.6 Å². The van der Waals surface area contributed by atoms with Gasteiger partial charge in [-0.15, -0.1) is 0 Å². The first-order valence-electron chi connectivity index (χ1n) is 8.05. The van der Waals surface area contributed by atoms with E-state index >= 15 is 0 Å². The molecule has 0 fully saturated rings. The maximum Gasteiger partial charge on any atom is 0.231 e. The lowest BCUT2D eigenvalue weighted by molar-refractivity contribution is 0.172. The van der Waals surface area contributed by atoms with Crippen LogP contribution in [0.3, 0.4) is 0 Å². The number of benzene rings is 2. The van der Waals surface area contributed by atoms with Crippen LogP contribution in [0, 0.1) is 5.82 Å². The Morgan fingerprint density at radius 1 is 1.08 bits per heavy atom. The third kappa shape index (κ3) is 3.21. The lowest BCUT2D eigenvalue weighted by Gasteiger charge is -2.17. The maximum absolute atomic E-state index is 13.1. The van der Waals surface area contributed by atoms with Gasteiger partial charge in [0.15, 0.2) is 11.5 Å². The number of ether oxygens (including phenoxy) is 2.